The van der Waals surface area contributed by atoms with Crippen LogP contribution >= 0.6 is 11.3 Å². The summed E-state index contributed by atoms with van der Waals surface area (Å²) >= 11 is 1.59. The van der Waals surface area contributed by atoms with E-state index < -0.39 is 6.10 Å². The van der Waals surface area contributed by atoms with Crippen molar-refractivity contribution >= 4 is 17.2 Å². The Bertz CT molecular complexity index is 736. The fourth-order valence-corrected chi connectivity index (χ4v) is 4.15. The first kappa shape index (κ1) is 18.1. The van der Waals surface area contributed by atoms with E-state index in [1.54, 1.807) is 11.3 Å². The second-order valence-corrected chi connectivity index (χ2v) is 7.33. The van der Waals surface area contributed by atoms with Crippen molar-refractivity contribution in [1.29, 1.82) is 0 Å². The third kappa shape index (κ3) is 3.92. The molecule has 0 aliphatic carbocycles. The summed E-state index contributed by atoms with van der Waals surface area (Å²) in [5.74, 6) is 0.668. The third-order valence-corrected chi connectivity index (χ3v) is 5.56. The van der Waals surface area contributed by atoms with Gasteiger partial charge in [0.15, 0.2) is 0 Å². The van der Waals surface area contributed by atoms with E-state index in [1.807, 2.05) is 19.2 Å². The summed E-state index contributed by atoms with van der Waals surface area (Å²) in [5, 5.41) is 26.7. The SMILES string of the molecule is Cc1noc(C)c1CN1CCc2c(C(=O)NC[C@H](O)CO)csc2C1. The van der Waals surface area contributed by atoms with Gasteiger partial charge in [-0.05, 0) is 25.8 Å². The maximum absolute atomic E-state index is 12.3. The predicted octanol–water partition coefficient (Wildman–Crippen LogP) is 0.994. The van der Waals surface area contributed by atoms with E-state index in [-0.39, 0.29) is 19.1 Å². The molecule has 1 atom stereocenters. The Balaban J connectivity index is 1.65. The standard InChI is InChI=1S/C17H23N3O4S/c1-10-14(11(2)24-19-10)6-20-4-3-13-15(9-25-16(13)7-20)17(23)18-5-12(22)8-21/h9,12,21-22H,3-8H2,1-2H3,(H,18,23)/t12-/m0/s1. The topological polar surface area (TPSA) is 98.8 Å². The number of rotatable bonds is 6. The maximum atomic E-state index is 12.3. The first-order chi connectivity index (χ1) is 12.0. The summed E-state index contributed by atoms with van der Waals surface area (Å²) in [4.78, 5) is 15.8. The maximum Gasteiger partial charge on any atom is 0.252 e. The summed E-state index contributed by atoms with van der Waals surface area (Å²) in [7, 11) is 0. The average molecular weight is 365 g/mol. The molecule has 0 fully saturated rings. The Morgan fingerprint density at radius 1 is 1.52 bits per heavy atom. The van der Waals surface area contributed by atoms with E-state index in [2.05, 4.69) is 15.4 Å². The molecular formula is C17H23N3O4S. The van der Waals surface area contributed by atoms with E-state index in [1.165, 1.54) is 4.88 Å². The average Bonchev–Trinajstić information content (AvgIpc) is 3.17. The molecule has 0 unspecified atom stereocenters. The minimum absolute atomic E-state index is 0.0537. The molecule has 0 bridgehead atoms. The Morgan fingerprint density at radius 2 is 2.32 bits per heavy atom. The van der Waals surface area contributed by atoms with Crippen LogP contribution in [0.25, 0.3) is 0 Å². The lowest BCUT2D eigenvalue weighted by Gasteiger charge is -2.27. The highest BCUT2D eigenvalue weighted by molar-refractivity contribution is 7.10. The second kappa shape index (κ2) is 7.65. The molecule has 0 radical (unpaired) electrons. The zero-order chi connectivity index (χ0) is 18.0. The van der Waals surface area contributed by atoms with Crippen molar-refractivity contribution in [3.63, 3.8) is 0 Å². The van der Waals surface area contributed by atoms with Gasteiger partial charge in [0.2, 0.25) is 0 Å². The molecule has 25 heavy (non-hydrogen) atoms. The molecule has 136 valence electrons. The van der Waals surface area contributed by atoms with Gasteiger partial charge in [0, 0.05) is 42.0 Å². The number of thiophene rings is 1. The van der Waals surface area contributed by atoms with Crippen LogP contribution in [0, 0.1) is 13.8 Å². The molecule has 0 saturated heterocycles. The van der Waals surface area contributed by atoms with Gasteiger partial charge in [-0.15, -0.1) is 11.3 Å². The number of carbonyl (C=O) groups is 1. The minimum Gasteiger partial charge on any atom is -0.394 e. The van der Waals surface area contributed by atoms with Gasteiger partial charge in [-0.25, -0.2) is 0 Å². The molecule has 0 spiro atoms. The molecular weight excluding hydrogens is 342 g/mol. The fourth-order valence-electron chi connectivity index (χ4n) is 3.03. The smallest absolute Gasteiger partial charge is 0.252 e. The van der Waals surface area contributed by atoms with Gasteiger partial charge in [0.05, 0.1) is 24.0 Å². The summed E-state index contributed by atoms with van der Waals surface area (Å²) < 4.78 is 5.23. The predicted molar refractivity (Wildman–Crippen MR) is 93.5 cm³/mol. The number of hydrogen-bond donors (Lipinski definition) is 3. The summed E-state index contributed by atoms with van der Waals surface area (Å²) in [6.45, 7) is 6.04. The number of fused-ring (bicyclic) bond motifs is 1. The Hall–Kier alpha value is -1.74. The monoisotopic (exact) mass is 365 g/mol. The lowest BCUT2D eigenvalue weighted by molar-refractivity contribution is 0.0801. The van der Waals surface area contributed by atoms with Crippen molar-refractivity contribution in [3.8, 4) is 0 Å². The number of aromatic nitrogens is 1. The summed E-state index contributed by atoms with van der Waals surface area (Å²) in [5.41, 5.74) is 3.84. The highest BCUT2D eigenvalue weighted by Crippen LogP contribution is 2.30. The van der Waals surface area contributed by atoms with Crippen LogP contribution in [-0.2, 0) is 19.5 Å². The first-order valence-corrected chi connectivity index (χ1v) is 9.18. The van der Waals surface area contributed by atoms with E-state index in [4.69, 9.17) is 9.63 Å². The number of aliphatic hydroxyl groups excluding tert-OH is 2. The number of aliphatic hydroxyl groups is 2. The molecule has 3 heterocycles. The third-order valence-electron chi connectivity index (χ3n) is 4.54. The van der Waals surface area contributed by atoms with Crippen LogP contribution in [-0.4, -0.2) is 52.0 Å². The fraction of sp³-hybridized carbons (Fsp3) is 0.529. The normalized spacial score (nSPS) is 15.8. The van der Waals surface area contributed by atoms with Crippen LogP contribution in [0.3, 0.4) is 0 Å². The minimum atomic E-state index is -0.927. The Kier molecular flexibility index (Phi) is 5.53. The van der Waals surface area contributed by atoms with Crippen molar-refractivity contribution in [3.05, 3.63) is 38.4 Å². The molecule has 2 aromatic rings. The summed E-state index contributed by atoms with van der Waals surface area (Å²) in [6.07, 6.45) is -0.114. The summed E-state index contributed by atoms with van der Waals surface area (Å²) in [6, 6.07) is 0. The van der Waals surface area contributed by atoms with Crippen LogP contribution in [0.2, 0.25) is 0 Å². The van der Waals surface area contributed by atoms with Crippen molar-refractivity contribution in [2.75, 3.05) is 19.7 Å². The number of nitrogens with one attached hydrogen (secondary N) is 1. The zero-order valence-corrected chi connectivity index (χ0v) is 15.2. The lowest BCUT2D eigenvalue weighted by Crippen LogP contribution is -2.35. The van der Waals surface area contributed by atoms with Gasteiger partial charge in [-0.3, -0.25) is 9.69 Å². The molecule has 0 aromatic carbocycles. The number of hydrogen-bond acceptors (Lipinski definition) is 7. The van der Waals surface area contributed by atoms with Gasteiger partial charge in [0.25, 0.3) is 5.91 Å². The number of carbonyl (C=O) groups excluding carboxylic acids is 1. The van der Waals surface area contributed by atoms with Crippen molar-refractivity contribution in [2.24, 2.45) is 0 Å². The second-order valence-electron chi connectivity index (χ2n) is 6.36. The Labute approximate surface area is 150 Å². The molecule has 1 amide bonds. The van der Waals surface area contributed by atoms with Gasteiger partial charge < -0.3 is 20.1 Å². The van der Waals surface area contributed by atoms with E-state index >= 15 is 0 Å². The number of amides is 1. The molecule has 0 saturated carbocycles. The van der Waals surface area contributed by atoms with Crippen LogP contribution < -0.4 is 5.32 Å². The largest absolute Gasteiger partial charge is 0.394 e. The highest BCUT2D eigenvalue weighted by atomic mass is 32.1. The molecule has 3 N–H and O–H groups in total. The first-order valence-electron chi connectivity index (χ1n) is 8.30. The van der Waals surface area contributed by atoms with E-state index in [0.29, 0.717) is 5.56 Å². The van der Waals surface area contributed by atoms with Crippen LogP contribution in [0.5, 0.6) is 0 Å². The van der Waals surface area contributed by atoms with Crippen molar-refractivity contribution in [1.82, 2.24) is 15.4 Å². The molecule has 2 aromatic heterocycles. The lowest BCUT2D eigenvalue weighted by atomic mass is 10.0. The van der Waals surface area contributed by atoms with Crippen LogP contribution in [0.15, 0.2) is 9.90 Å². The molecule has 7 nitrogen and oxygen atoms in total. The van der Waals surface area contributed by atoms with E-state index in [0.717, 1.165) is 48.6 Å². The van der Waals surface area contributed by atoms with Gasteiger partial charge in [-0.1, -0.05) is 5.16 Å². The molecule has 8 heteroatoms. The van der Waals surface area contributed by atoms with Gasteiger partial charge in [-0.2, -0.15) is 0 Å². The van der Waals surface area contributed by atoms with E-state index in [9.17, 15) is 9.90 Å². The quantitative estimate of drug-likeness (QED) is 0.706. The van der Waals surface area contributed by atoms with Crippen molar-refractivity contribution < 1.29 is 19.5 Å². The van der Waals surface area contributed by atoms with Crippen molar-refractivity contribution in [2.45, 2.75) is 39.5 Å². The molecule has 3 rings (SSSR count). The number of nitrogens with zero attached hydrogens (tertiary/aromatic N) is 2. The van der Waals surface area contributed by atoms with Crippen LogP contribution in [0.4, 0.5) is 0 Å². The molecule has 1 aliphatic heterocycles. The number of aryl methyl sites for hydroxylation is 2. The highest BCUT2D eigenvalue weighted by Gasteiger charge is 2.25. The zero-order valence-electron chi connectivity index (χ0n) is 14.4. The Morgan fingerprint density at radius 3 is 3.00 bits per heavy atom. The van der Waals surface area contributed by atoms with Gasteiger partial charge >= 0.3 is 0 Å². The van der Waals surface area contributed by atoms with Gasteiger partial charge in [0.1, 0.15) is 5.76 Å². The molecule has 1 aliphatic rings. The van der Waals surface area contributed by atoms with Crippen LogP contribution in [0.1, 0.15) is 37.8 Å².